The first kappa shape index (κ1) is 20.0. The minimum absolute atomic E-state index is 0.0797. The van der Waals surface area contributed by atoms with Crippen LogP contribution in [0.4, 0.5) is 0 Å². The van der Waals surface area contributed by atoms with Gasteiger partial charge in [-0.05, 0) is 18.2 Å². The third-order valence-corrected chi connectivity index (χ3v) is 4.30. The van der Waals surface area contributed by atoms with Gasteiger partial charge in [-0.25, -0.2) is 4.79 Å². The van der Waals surface area contributed by atoms with Crippen molar-refractivity contribution < 1.29 is 28.9 Å². The zero-order valence-corrected chi connectivity index (χ0v) is 15.4. The highest BCUT2D eigenvalue weighted by Crippen LogP contribution is 2.28. The van der Waals surface area contributed by atoms with Crippen LogP contribution in [0.2, 0.25) is 0 Å². The van der Waals surface area contributed by atoms with Crippen LogP contribution < -0.4 is 9.47 Å². The van der Waals surface area contributed by atoms with Gasteiger partial charge in [0, 0.05) is 39.6 Å². The van der Waals surface area contributed by atoms with Gasteiger partial charge < -0.3 is 24.2 Å². The van der Waals surface area contributed by atoms with Crippen LogP contribution in [0.3, 0.4) is 0 Å². The molecule has 1 saturated heterocycles. The molecule has 2 rings (SSSR count). The zero-order chi connectivity index (χ0) is 19.1. The molecular formula is C18H26N2O6. The zero-order valence-electron chi connectivity index (χ0n) is 15.4. The number of hydrogen-bond donors (Lipinski definition) is 1. The molecule has 1 amide bonds. The van der Waals surface area contributed by atoms with Gasteiger partial charge >= 0.3 is 5.97 Å². The van der Waals surface area contributed by atoms with E-state index >= 15 is 0 Å². The number of piperazine rings is 1. The number of nitrogens with zero attached hydrogens (tertiary/aromatic N) is 2. The molecule has 1 atom stereocenters. The first-order valence-electron chi connectivity index (χ1n) is 8.49. The Morgan fingerprint density at radius 2 is 1.85 bits per heavy atom. The van der Waals surface area contributed by atoms with Crippen LogP contribution in [0.25, 0.3) is 0 Å². The Labute approximate surface area is 153 Å². The fourth-order valence-corrected chi connectivity index (χ4v) is 2.81. The molecule has 0 radical (unpaired) electrons. The van der Waals surface area contributed by atoms with E-state index in [4.69, 9.17) is 9.47 Å². The lowest BCUT2D eigenvalue weighted by molar-refractivity contribution is -0.130. The van der Waals surface area contributed by atoms with Crippen molar-refractivity contribution in [3.05, 3.63) is 23.8 Å². The molecule has 1 fully saturated rings. The summed E-state index contributed by atoms with van der Waals surface area (Å²) in [7, 11) is 2.79. The number of benzene rings is 1. The predicted octanol–water partition coefficient (Wildman–Crippen LogP) is 0.386. The van der Waals surface area contributed by atoms with Crippen molar-refractivity contribution in [1.29, 1.82) is 0 Å². The van der Waals surface area contributed by atoms with Crippen LogP contribution in [-0.2, 0) is 9.53 Å². The second-order valence-corrected chi connectivity index (χ2v) is 6.13. The summed E-state index contributed by atoms with van der Waals surface area (Å²) >= 11 is 0. The Morgan fingerprint density at radius 3 is 2.42 bits per heavy atom. The molecule has 144 valence electrons. The minimum Gasteiger partial charge on any atom is -0.493 e. The molecule has 1 aromatic rings. The normalized spacial score (nSPS) is 16.1. The van der Waals surface area contributed by atoms with Gasteiger partial charge in [0.15, 0.2) is 11.5 Å². The second kappa shape index (κ2) is 9.40. The van der Waals surface area contributed by atoms with E-state index in [9.17, 15) is 14.7 Å². The summed E-state index contributed by atoms with van der Waals surface area (Å²) in [5.74, 6) is 0.464. The quantitative estimate of drug-likeness (QED) is 0.698. The Bertz CT molecular complexity index is 628. The Balaban J connectivity index is 1.84. The number of aliphatic hydroxyl groups excluding tert-OH is 1. The van der Waals surface area contributed by atoms with E-state index in [1.807, 2.05) is 0 Å². The average Bonchev–Trinajstić information content (AvgIpc) is 2.66. The SMILES string of the molecule is COC(=O)c1ccc(OCC(O)CN2CCN(C(C)=O)CC2)c(OC)c1. The largest absolute Gasteiger partial charge is 0.493 e. The molecule has 1 unspecified atom stereocenters. The molecule has 1 aliphatic heterocycles. The van der Waals surface area contributed by atoms with Gasteiger partial charge in [0.05, 0.1) is 19.8 Å². The van der Waals surface area contributed by atoms with Crippen molar-refractivity contribution in [3.8, 4) is 11.5 Å². The van der Waals surface area contributed by atoms with Crippen molar-refractivity contribution in [2.75, 3.05) is 53.6 Å². The highest BCUT2D eigenvalue weighted by atomic mass is 16.5. The number of carbonyl (C=O) groups is 2. The molecule has 0 bridgehead atoms. The maximum absolute atomic E-state index is 11.6. The van der Waals surface area contributed by atoms with E-state index < -0.39 is 12.1 Å². The summed E-state index contributed by atoms with van der Waals surface area (Å²) in [6, 6.07) is 4.73. The molecule has 1 aromatic carbocycles. The topological polar surface area (TPSA) is 88.5 Å². The fourth-order valence-electron chi connectivity index (χ4n) is 2.81. The average molecular weight is 366 g/mol. The first-order valence-corrected chi connectivity index (χ1v) is 8.49. The van der Waals surface area contributed by atoms with Crippen molar-refractivity contribution in [2.24, 2.45) is 0 Å². The number of rotatable bonds is 7. The third kappa shape index (κ3) is 5.34. The maximum Gasteiger partial charge on any atom is 0.337 e. The molecule has 8 nitrogen and oxygen atoms in total. The standard InChI is InChI=1S/C18H26N2O6/c1-13(21)20-8-6-19(7-9-20)11-15(22)12-26-16-5-4-14(18(23)25-3)10-17(16)24-2/h4-5,10,15,22H,6-9,11-12H2,1-3H3. The highest BCUT2D eigenvalue weighted by Gasteiger charge is 2.21. The second-order valence-electron chi connectivity index (χ2n) is 6.13. The summed E-state index contributed by atoms with van der Waals surface area (Å²) in [5.41, 5.74) is 0.362. The third-order valence-electron chi connectivity index (χ3n) is 4.30. The Morgan fingerprint density at radius 1 is 1.15 bits per heavy atom. The fraction of sp³-hybridized carbons (Fsp3) is 0.556. The van der Waals surface area contributed by atoms with Gasteiger partial charge in [0.1, 0.15) is 12.7 Å². The summed E-state index contributed by atoms with van der Waals surface area (Å²) in [5, 5.41) is 10.2. The number of carbonyl (C=O) groups excluding carboxylic acids is 2. The molecule has 0 saturated carbocycles. The Kier molecular flexibility index (Phi) is 7.23. The molecule has 26 heavy (non-hydrogen) atoms. The number of methoxy groups -OCH3 is 2. The highest BCUT2D eigenvalue weighted by molar-refractivity contribution is 5.90. The van der Waals surface area contributed by atoms with E-state index in [-0.39, 0.29) is 12.5 Å². The Hall–Kier alpha value is -2.32. The molecule has 1 aliphatic rings. The van der Waals surface area contributed by atoms with Crippen LogP contribution in [0.15, 0.2) is 18.2 Å². The maximum atomic E-state index is 11.6. The van der Waals surface area contributed by atoms with E-state index in [1.54, 1.807) is 24.0 Å². The van der Waals surface area contributed by atoms with E-state index in [0.717, 1.165) is 13.1 Å². The summed E-state index contributed by atoms with van der Waals surface area (Å²) in [4.78, 5) is 26.8. The van der Waals surface area contributed by atoms with Gasteiger partial charge in [-0.1, -0.05) is 0 Å². The minimum atomic E-state index is -0.677. The number of aliphatic hydroxyl groups is 1. The van der Waals surface area contributed by atoms with Gasteiger partial charge in [0.2, 0.25) is 5.91 Å². The van der Waals surface area contributed by atoms with Gasteiger partial charge in [-0.2, -0.15) is 0 Å². The number of ether oxygens (including phenoxy) is 3. The molecular weight excluding hydrogens is 340 g/mol. The number of esters is 1. The molecule has 0 spiro atoms. The van der Waals surface area contributed by atoms with Crippen molar-refractivity contribution in [3.63, 3.8) is 0 Å². The van der Waals surface area contributed by atoms with Crippen LogP contribution in [0, 0.1) is 0 Å². The lowest BCUT2D eigenvalue weighted by Crippen LogP contribution is -2.50. The molecule has 1 N–H and O–H groups in total. The van der Waals surface area contributed by atoms with Crippen LogP contribution in [0.1, 0.15) is 17.3 Å². The van der Waals surface area contributed by atoms with Crippen molar-refractivity contribution in [2.45, 2.75) is 13.0 Å². The van der Waals surface area contributed by atoms with Crippen LogP contribution in [-0.4, -0.2) is 86.4 Å². The summed E-state index contributed by atoms with van der Waals surface area (Å²) in [6.45, 7) is 4.94. The van der Waals surface area contributed by atoms with Crippen molar-refractivity contribution in [1.82, 2.24) is 9.80 Å². The van der Waals surface area contributed by atoms with E-state index in [0.29, 0.717) is 36.7 Å². The monoisotopic (exact) mass is 366 g/mol. The van der Waals surface area contributed by atoms with Gasteiger partial charge in [0.25, 0.3) is 0 Å². The molecule has 0 aromatic heterocycles. The van der Waals surface area contributed by atoms with Gasteiger partial charge in [-0.3, -0.25) is 9.69 Å². The first-order chi connectivity index (χ1) is 12.4. The summed E-state index contributed by atoms with van der Waals surface area (Å²) < 4.78 is 15.6. The predicted molar refractivity (Wildman–Crippen MR) is 94.5 cm³/mol. The van der Waals surface area contributed by atoms with E-state index in [2.05, 4.69) is 9.64 Å². The van der Waals surface area contributed by atoms with Gasteiger partial charge in [-0.15, -0.1) is 0 Å². The molecule has 0 aliphatic carbocycles. The van der Waals surface area contributed by atoms with Crippen LogP contribution >= 0.6 is 0 Å². The van der Waals surface area contributed by atoms with Crippen LogP contribution in [0.5, 0.6) is 11.5 Å². The number of hydrogen-bond acceptors (Lipinski definition) is 7. The lowest BCUT2D eigenvalue weighted by Gasteiger charge is -2.35. The number of amides is 1. The molecule has 8 heteroatoms. The number of β-amino-alcohol motifs (C(OH)–C–C–N with tert-alkyl or cyclic N) is 1. The summed E-state index contributed by atoms with van der Waals surface area (Å²) in [6.07, 6.45) is -0.677. The smallest absolute Gasteiger partial charge is 0.337 e. The lowest BCUT2D eigenvalue weighted by atomic mass is 10.2. The molecule has 1 heterocycles. The van der Waals surface area contributed by atoms with E-state index in [1.165, 1.54) is 20.3 Å². The van der Waals surface area contributed by atoms with Crippen molar-refractivity contribution >= 4 is 11.9 Å².